The Hall–Kier alpha value is -1.91. The van der Waals surface area contributed by atoms with Crippen LogP contribution in [0.15, 0.2) is 48.8 Å². The summed E-state index contributed by atoms with van der Waals surface area (Å²) in [7, 11) is 1.73. The molecule has 0 N–H and O–H groups in total. The Morgan fingerprint density at radius 3 is 2.85 bits per heavy atom. The minimum atomic E-state index is 0.237. The Balaban J connectivity index is 1.63. The highest BCUT2D eigenvalue weighted by atomic mass is 16.5. The van der Waals surface area contributed by atoms with Crippen molar-refractivity contribution in [1.82, 2.24) is 9.88 Å². The summed E-state index contributed by atoms with van der Waals surface area (Å²) in [5, 5.41) is 0. The van der Waals surface area contributed by atoms with Crippen LogP contribution in [0.5, 0.6) is 5.75 Å². The molecule has 0 bridgehead atoms. The molecule has 1 atom stereocenters. The first kappa shape index (κ1) is 18.9. The molecule has 4 nitrogen and oxygen atoms in total. The molecule has 0 radical (unpaired) electrons. The van der Waals surface area contributed by atoms with E-state index in [0.717, 1.165) is 51.4 Å². The molecule has 0 saturated carbocycles. The van der Waals surface area contributed by atoms with E-state index in [2.05, 4.69) is 41.1 Å². The number of hydrogen-bond donors (Lipinski definition) is 0. The average Bonchev–Trinajstić information content (AvgIpc) is 3.09. The molecule has 1 aromatic heterocycles. The molecule has 0 spiro atoms. The number of methoxy groups -OCH3 is 1. The number of nitrogens with zero attached hydrogens (tertiary/aromatic N) is 2. The van der Waals surface area contributed by atoms with E-state index in [-0.39, 0.29) is 5.41 Å². The highest BCUT2D eigenvalue weighted by Gasteiger charge is 2.37. The second-order valence-electron chi connectivity index (χ2n) is 7.31. The van der Waals surface area contributed by atoms with Crippen molar-refractivity contribution in [1.29, 1.82) is 0 Å². The van der Waals surface area contributed by atoms with E-state index < -0.39 is 0 Å². The van der Waals surface area contributed by atoms with Gasteiger partial charge in [-0.3, -0.25) is 9.88 Å². The van der Waals surface area contributed by atoms with E-state index in [1.54, 1.807) is 7.11 Å². The van der Waals surface area contributed by atoms with Crippen molar-refractivity contribution in [3.63, 3.8) is 0 Å². The smallest absolute Gasteiger partial charge is 0.119 e. The van der Waals surface area contributed by atoms with E-state index in [9.17, 15) is 0 Å². The maximum absolute atomic E-state index is 5.89. The quantitative estimate of drug-likeness (QED) is 0.683. The van der Waals surface area contributed by atoms with Crippen LogP contribution in [0.3, 0.4) is 0 Å². The van der Waals surface area contributed by atoms with E-state index in [1.165, 1.54) is 17.5 Å². The summed E-state index contributed by atoms with van der Waals surface area (Å²) in [4.78, 5) is 6.79. The highest BCUT2D eigenvalue weighted by Crippen LogP contribution is 2.36. The summed E-state index contributed by atoms with van der Waals surface area (Å²) in [5.74, 6) is 0.936. The lowest BCUT2D eigenvalue weighted by Gasteiger charge is -2.29. The first-order valence-electron chi connectivity index (χ1n) is 9.55. The Bertz CT molecular complexity index is 677. The minimum absolute atomic E-state index is 0.237. The van der Waals surface area contributed by atoms with E-state index in [4.69, 9.17) is 9.47 Å². The summed E-state index contributed by atoms with van der Waals surface area (Å²) in [5.41, 5.74) is 2.86. The van der Waals surface area contributed by atoms with Gasteiger partial charge in [-0.15, -0.1) is 0 Å². The zero-order valence-corrected chi connectivity index (χ0v) is 16.0. The van der Waals surface area contributed by atoms with Gasteiger partial charge in [-0.2, -0.15) is 0 Å². The van der Waals surface area contributed by atoms with Gasteiger partial charge >= 0.3 is 0 Å². The van der Waals surface area contributed by atoms with Crippen LogP contribution in [0.25, 0.3) is 0 Å². The molecule has 1 saturated heterocycles. The average molecular weight is 354 g/mol. The number of ether oxygens (including phenoxy) is 2. The molecule has 1 aromatic carbocycles. The fraction of sp³-hybridized carbons (Fsp3) is 0.500. The molecule has 0 aliphatic carbocycles. The number of pyridine rings is 1. The van der Waals surface area contributed by atoms with Crippen LogP contribution in [0.1, 0.15) is 30.9 Å². The van der Waals surface area contributed by atoms with Crippen molar-refractivity contribution in [3.8, 4) is 5.75 Å². The van der Waals surface area contributed by atoms with Gasteiger partial charge in [-0.05, 0) is 62.1 Å². The van der Waals surface area contributed by atoms with Gasteiger partial charge in [0.1, 0.15) is 5.75 Å². The molecule has 2 aromatic rings. The lowest BCUT2D eigenvalue weighted by molar-refractivity contribution is 0.0489. The van der Waals surface area contributed by atoms with E-state index in [1.807, 2.05) is 24.5 Å². The summed E-state index contributed by atoms with van der Waals surface area (Å²) in [6.45, 7) is 6.89. The number of rotatable bonds is 9. The number of benzene rings is 1. The van der Waals surface area contributed by atoms with Gasteiger partial charge in [0, 0.05) is 37.5 Å². The van der Waals surface area contributed by atoms with Crippen LogP contribution >= 0.6 is 0 Å². The summed E-state index contributed by atoms with van der Waals surface area (Å²) >= 11 is 0. The molecular formula is C22H30N2O2. The first-order valence-corrected chi connectivity index (χ1v) is 9.55. The number of hydrogen-bond acceptors (Lipinski definition) is 4. The van der Waals surface area contributed by atoms with Crippen molar-refractivity contribution in [2.24, 2.45) is 5.41 Å². The third-order valence-corrected chi connectivity index (χ3v) is 5.34. The van der Waals surface area contributed by atoms with Crippen molar-refractivity contribution < 1.29 is 9.47 Å². The summed E-state index contributed by atoms with van der Waals surface area (Å²) in [6, 6.07) is 12.6. The largest absolute Gasteiger partial charge is 0.497 e. The van der Waals surface area contributed by atoms with Crippen LogP contribution in [-0.4, -0.2) is 43.3 Å². The summed E-state index contributed by atoms with van der Waals surface area (Å²) < 4.78 is 11.3. The fourth-order valence-corrected chi connectivity index (χ4v) is 3.86. The highest BCUT2D eigenvalue weighted by molar-refractivity contribution is 5.28. The van der Waals surface area contributed by atoms with Gasteiger partial charge in [0.25, 0.3) is 0 Å². The Labute approximate surface area is 157 Å². The second-order valence-corrected chi connectivity index (χ2v) is 7.31. The maximum atomic E-state index is 5.89. The molecule has 26 heavy (non-hydrogen) atoms. The second kappa shape index (κ2) is 9.15. The number of likely N-dealkylation sites (tertiary alicyclic amines) is 1. The molecule has 3 rings (SSSR count). The molecule has 2 heterocycles. The monoisotopic (exact) mass is 354 g/mol. The molecule has 0 unspecified atom stereocenters. The van der Waals surface area contributed by atoms with Gasteiger partial charge in [0.2, 0.25) is 0 Å². The minimum Gasteiger partial charge on any atom is -0.497 e. The maximum Gasteiger partial charge on any atom is 0.119 e. The van der Waals surface area contributed by atoms with Crippen LogP contribution in [0, 0.1) is 5.41 Å². The standard InChI is InChI=1S/C22H30N2O2/c1-3-26-18-22(10-9-19-6-4-8-21(14-19)25-2)11-13-24(17-22)16-20-7-5-12-23-15-20/h4-8,12,14-15H,3,9-11,13,16-18H2,1-2H3/t22-/m1/s1. The van der Waals surface area contributed by atoms with Gasteiger partial charge < -0.3 is 9.47 Å². The normalized spacial score (nSPS) is 20.4. The topological polar surface area (TPSA) is 34.6 Å². The molecular weight excluding hydrogens is 324 g/mol. The van der Waals surface area contributed by atoms with Gasteiger partial charge in [-0.1, -0.05) is 18.2 Å². The van der Waals surface area contributed by atoms with Crippen molar-refractivity contribution in [3.05, 3.63) is 59.9 Å². The predicted molar refractivity (Wildman–Crippen MR) is 104 cm³/mol. The lowest BCUT2D eigenvalue weighted by atomic mass is 9.82. The Morgan fingerprint density at radius 2 is 2.08 bits per heavy atom. The molecule has 0 amide bonds. The SMILES string of the molecule is CCOC[C@]1(CCc2cccc(OC)c2)CCN(Cc2cccnc2)C1. The predicted octanol–water partition coefficient (Wildman–Crippen LogP) is 3.95. The summed E-state index contributed by atoms with van der Waals surface area (Å²) in [6.07, 6.45) is 7.20. The van der Waals surface area contributed by atoms with Crippen LogP contribution in [0.4, 0.5) is 0 Å². The van der Waals surface area contributed by atoms with E-state index >= 15 is 0 Å². The van der Waals surface area contributed by atoms with E-state index in [0.29, 0.717) is 0 Å². The van der Waals surface area contributed by atoms with Crippen molar-refractivity contribution in [2.45, 2.75) is 32.7 Å². The van der Waals surface area contributed by atoms with Crippen LogP contribution in [0.2, 0.25) is 0 Å². The third kappa shape index (κ3) is 5.05. The molecule has 140 valence electrons. The lowest BCUT2D eigenvalue weighted by Crippen LogP contribution is -2.32. The zero-order valence-electron chi connectivity index (χ0n) is 16.0. The number of aromatic nitrogens is 1. The number of aryl methyl sites for hydroxylation is 1. The first-order chi connectivity index (χ1) is 12.7. The van der Waals surface area contributed by atoms with Crippen molar-refractivity contribution in [2.75, 3.05) is 33.4 Å². The molecule has 1 aliphatic heterocycles. The molecule has 1 fully saturated rings. The Morgan fingerprint density at radius 1 is 1.19 bits per heavy atom. The van der Waals surface area contributed by atoms with Gasteiger partial charge in [-0.25, -0.2) is 0 Å². The molecule has 4 heteroatoms. The van der Waals surface area contributed by atoms with Crippen LogP contribution < -0.4 is 4.74 Å². The van der Waals surface area contributed by atoms with Gasteiger partial charge in [0.05, 0.1) is 13.7 Å². The third-order valence-electron chi connectivity index (χ3n) is 5.34. The zero-order chi connectivity index (χ0) is 18.2. The van der Waals surface area contributed by atoms with Crippen LogP contribution in [-0.2, 0) is 17.7 Å². The van der Waals surface area contributed by atoms with Crippen molar-refractivity contribution >= 4 is 0 Å². The fourth-order valence-electron chi connectivity index (χ4n) is 3.86. The molecule has 1 aliphatic rings. The Kier molecular flexibility index (Phi) is 6.64. The van der Waals surface area contributed by atoms with Gasteiger partial charge in [0.15, 0.2) is 0 Å².